The highest BCUT2D eigenvalue weighted by Crippen LogP contribution is 2.19. The quantitative estimate of drug-likeness (QED) is 0.675. The number of benzene rings is 1. The number of amides is 1. The van der Waals surface area contributed by atoms with Gasteiger partial charge in [-0.05, 0) is 19.1 Å². The van der Waals surface area contributed by atoms with Gasteiger partial charge in [-0.2, -0.15) is 10.4 Å². The molecule has 1 aromatic heterocycles. The number of esters is 1. The Hall–Kier alpha value is -3.14. The van der Waals surface area contributed by atoms with Crippen molar-refractivity contribution >= 4 is 17.7 Å². The van der Waals surface area contributed by atoms with Crippen LogP contribution in [0.1, 0.15) is 12.5 Å². The van der Waals surface area contributed by atoms with E-state index in [9.17, 15) is 9.59 Å². The van der Waals surface area contributed by atoms with Crippen molar-refractivity contribution in [2.75, 3.05) is 11.9 Å². The van der Waals surface area contributed by atoms with Crippen LogP contribution in [0.5, 0.6) is 0 Å². The lowest BCUT2D eigenvalue weighted by Gasteiger charge is -2.08. The molecule has 0 aliphatic rings. The molecule has 0 spiro atoms. The van der Waals surface area contributed by atoms with E-state index < -0.39 is 11.9 Å². The van der Waals surface area contributed by atoms with E-state index in [2.05, 4.69) is 15.2 Å². The van der Waals surface area contributed by atoms with Gasteiger partial charge in [0.2, 0.25) is 0 Å². The minimum absolute atomic E-state index is 0.0926. The molecule has 0 saturated heterocycles. The van der Waals surface area contributed by atoms with E-state index in [1.54, 1.807) is 31.2 Å². The Morgan fingerprint density at radius 1 is 1.38 bits per heavy atom. The fraction of sp³-hybridized carbons (Fsp3) is 0.143. The maximum atomic E-state index is 11.7. The van der Waals surface area contributed by atoms with Crippen LogP contribution in [0.15, 0.2) is 36.5 Å². The van der Waals surface area contributed by atoms with Gasteiger partial charge >= 0.3 is 11.9 Å². The molecular formula is C14H12N4O3. The third kappa shape index (κ3) is 3.06. The van der Waals surface area contributed by atoms with Crippen molar-refractivity contribution in [2.45, 2.75) is 6.92 Å². The number of anilines is 1. The lowest BCUT2D eigenvalue weighted by atomic mass is 10.3. The number of ether oxygens (including phenoxy) is 1. The first-order valence-corrected chi connectivity index (χ1v) is 6.19. The molecule has 0 saturated carbocycles. The monoisotopic (exact) mass is 284 g/mol. The fourth-order valence-corrected chi connectivity index (χ4v) is 1.67. The molecule has 1 amide bonds. The van der Waals surface area contributed by atoms with Crippen LogP contribution in [0.4, 0.5) is 5.82 Å². The van der Waals surface area contributed by atoms with E-state index in [0.717, 1.165) is 0 Å². The Kier molecular flexibility index (Phi) is 4.31. The number of nitriles is 1. The van der Waals surface area contributed by atoms with Gasteiger partial charge in [-0.15, -0.1) is 0 Å². The van der Waals surface area contributed by atoms with Gasteiger partial charge in [-0.1, -0.05) is 18.2 Å². The number of rotatable bonds is 3. The van der Waals surface area contributed by atoms with Gasteiger partial charge in [0.15, 0.2) is 5.82 Å². The first-order valence-electron chi connectivity index (χ1n) is 6.19. The van der Waals surface area contributed by atoms with Crippen molar-refractivity contribution in [3.8, 4) is 11.8 Å². The average molecular weight is 284 g/mol. The number of carbonyl (C=O) groups is 2. The molecule has 0 atom stereocenters. The van der Waals surface area contributed by atoms with Crippen molar-refractivity contribution in [3.05, 3.63) is 42.1 Å². The highest BCUT2D eigenvalue weighted by Gasteiger charge is 2.20. The van der Waals surface area contributed by atoms with E-state index >= 15 is 0 Å². The van der Waals surface area contributed by atoms with Crippen molar-refractivity contribution in [1.29, 1.82) is 5.26 Å². The van der Waals surface area contributed by atoms with E-state index in [0.29, 0.717) is 5.69 Å². The molecule has 106 valence electrons. The van der Waals surface area contributed by atoms with E-state index in [1.165, 1.54) is 10.9 Å². The van der Waals surface area contributed by atoms with Crippen LogP contribution in [0.25, 0.3) is 5.69 Å². The van der Waals surface area contributed by atoms with Crippen LogP contribution < -0.4 is 5.32 Å². The van der Waals surface area contributed by atoms with Crippen LogP contribution in [-0.2, 0) is 14.3 Å². The number of aromatic nitrogens is 2. The summed E-state index contributed by atoms with van der Waals surface area (Å²) in [7, 11) is 0. The minimum atomic E-state index is -1.01. The summed E-state index contributed by atoms with van der Waals surface area (Å²) < 4.78 is 5.98. The van der Waals surface area contributed by atoms with Crippen LogP contribution >= 0.6 is 0 Å². The maximum Gasteiger partial charge on any atom is 0.397 e. The first kappa shape index (κ1) is 14.3. The number of hydrogen-bond donors (Lipinski definition) is 1. The summed E-state index contributed by atoms with van der Waals surface area (Å²) in [5, 5.41) is 15.5. The second-order valence-corrected chi connectivity index (χ2v) is 3.94. The number of nitrogens with zero attached hydrogens (tertiary/aromatic N) is 3. The summed E-state index contributed by atoms with van der Waals surface area (Å²) in [5.41, 5.74) is 0.801. The van der Waals surface area contributed by atoms with Gasteiger partial charge in [0.05, 0.1) is 18.5 Å². The topological polar surface area (TPSA) is 97.0 Å². The Morgan fingerprint density at radius 3 is 2.71 bits per heavy atom. The zero-order valence-corrected chi connectivity index (χ0v) is 11.2. The molecular weight excluding hydrogens is 272 g/mol. The fourth-order valence-electron chi connectivity index (χ4n) is 1.67. The third-order valence-electron chi connectivity index (χ3n) is 2.58. The predicted octanol–water partition coefficient (Wildman–Crippen LogP) is 1.25. The summed E-state index contributed by atoms with van der Waals surface area (Å²) in [6.45, 7) is 1.69. The van der Waals surface area contributed by atoms with E-state index in [1.807, 2.05) is 12.1 Å². The SMILES string of the molecule is CCOC(=O)C(=O)Nc1c(C#N)cnn1-c1ccccc1. The zero-order valence-electron chi connectivity index (χ0n) is 11.2. The Bertz CT molecular complexity index is 701. The molecule has 7 heteroatoms. The van der Waals surface area contributed by atoms with Gasteiger partial charge < -0.3 is 4.74 Å². The zero-order chi connectivity index (χ0) is 15.2. The molecule has 2 aromatic rings. The minimum Gasteiger partial charge on any atom is -0.459 e. The Morgan fingerprint density at radius 2 is 2.10 bits per heavy atom. The molecule has 0 radical (unpaired) electrons. The molecule has 21 heavy (non-hydrogen) atoms. The number of para-hydroxylation sites is 1. The molecule has 1 N–H and O–H groups in total. The van der Waals surface area contributed by atoms with Crippen LogP contribution in [-0.4, -0.2) is 28.3 Å². The molecule has 2 rings (SSSR count). The second-order valence-electron chi connectivity index (χ2n) is 3.94. The molecule has 0 aliphatic heterocycles. The summed E-state index contributed by atoms with van der Waals surface area (Å²) in [6.07, 6.45) is 1.31. The van der Waals surface area contributed by atoms with Crippen molar-refractivity contribution < 1.29 is 14.3 Å². The largest absolute Gasteiger partial charge is 0.459 e. The lowest BCUT2D eigenvalue weighted by Crippen LogP contribution is -2.26. The third-order valence-corrected chi connectivity index (χ3v) is 2.58. The van der Waals surface area contributed by atoms with Crippen LogP contribution in [0.2, 0.25) is 0 Å². The van der Waals surface area contributed by atoms with Crippen LogP contribution in [0.3, 0.4) is 0 Å². The summed E-state index contributed by atoms with van der Waals surface area (Å²) in [5.74, 6) is -1.84. The molecule has 0 unspecified atom stereocenters. The highest BCUT2D eigenvalue weighted by molar-refractivity contribution is 6.37. The molecule has 1 aromatic carbocycles. The van der Waals surface area contributed by atoms with E-state index in [-0.39, 0.29) is 18.0 Å². The molecule has 0 aliphatic carbocycles. The van der Waals surface area contributed by atoms with Crippen molar-refractivity contribution in [3.63, 3.8) is 0 Å². The Balaban J connectivity index is 2.35. The number of carbonyl (C=O) groups excluding carboxylic acids is 2. The molecule has 0 bridgehead atoms. The molecule has 0 fully saturated rings. The average Bonchev–Trinajstić information content (AvgIpc) is 2.91. The van der Waals surface area contributed by atoms with Gasteiger partial charge in [-0.25, -0.2) is 9.48 Å². The van der Waals surface area contributed by atoms with Crippen molar-refractivity contribution in [2.24, 2.45) is 0 Å². The second kappa shape index (κ2) is 6.34. The summed E-state index contributed by atoms with van der Waals surface area (Å²) in [4.78, 5) is 23.1. The van der Waals surface area contributed by atoms with Gasteiger partial charge in [0, 0.05) is 0 Å². The molecule has 1 heterocycles. The van der Waals surface area contributed by atoms with Gasteiger partial charge in [-0.3, -0.25) is 10.1 Å². The highest BCUT2D eigenvalue weighted by atomic mass is 16.5. The summed E-state index contributed by atoms with van der Waals surface area (Å²) >= 11 is 0. The smallest absolute Gasteiger partial charge is 0.397 e. The van der Waals surface area contributed by atoms with Gasteiger partial charge in [0.1, 0.15) is 11.6 Å². The maximum absolute atomic E-state index is 11.7. The first-order chi connectivity index (χ1) is 10.2. The van der Waals surface area contributed by atoms with E-state index in [4.69, 9.17) is 5.26 Å². The van der Waals surface area contributed by atoms with Gasteiger partial charge in [0.25, 0.3) is 0 Å². The molecule has 7 nitrogen and oxygen atoms in total. The normalized spacial score (nSPS) is 9.71. The number of nitrogens with one attached hydrogen (secondary N) is 1. The standard InChI is InChI=1S/C14H12N4O3/c1-2-21-14(20)13(19)17-12-10(8-15)9-16-18(12)11-6-4-3-5-7-11/h3-7,9H,2H2,1H3,(H,17,19). The predicted molar refractivity (Wildman–Crippen MR) is 73.5 cm³/mol. The Labute approximate surface area is 120 Å². The van der Waals surface area contributed by atoms with Crippen LogP contribution in [0, 0.1) is 11.3 Å². The lowest BCUT2D eigenvalue weighted by molar-refractivity contribution is -0.152. The number of hydrogen-bond acceptors (Lipinski definition) is 5. The summed E-state index contributed by atoms with van der Waals surface area (Å²) in [6, 6.07) is 10.8. The van der Waals surface area contributed by atoms with Crippen molar-refractivity contribution in [1.82, 2.24) is 9.78 Å².